The lowest BCUT2D eigenvalue weighted by Gasteiger charge is -2.35. The van der Waals surface area contributed by atoms with Crippen LogP contribution < -0.4 is 11.5 Å². The Morgan fingerprint density at radius 3 is 1.70 bits per heavy atom. The molecule has 0 heterocycles. The molecule has 5 rings (SSSR count). The lowest BCUT2D eigenvalue weighted by Crippen LogP contribution is -2.30. The Morgan fingerprint density at radius 2 is 1.13 bits per heavy atom. The fourth-order valence-corrected chi connectivity index (χ4v) is 4.82. The van der Waals surface area contributed by atoms with Gasteiger partial charge in [0.15, 0.2) is 0 Å². The lowest BCUT2D eigenvalue weighted by atomic mass is 9.66. The SMILES string of the molecule is Nc1ccccc1C1(c2ccccc2N)c2ccccc2-c2cc(C(=O)O)ccc21. The van der Waals surface area contributed by atoms with Crippen LogP contribution in [0.2, 0.25) is 0 Å². The topological polar surface area (TPSA) is 89.3 Å². The van der Waals surface area contributed by atoms with E-state index in [0.717, 1.165) is 33.4 Å². The standard InChI is InChI=1S/C26H20N2O2/c27-23-11-5-3-9-21(23)26(22-10-4-6-12-24(22)28)19-8-2-1-7-17(19)18-15-16(25(29)30)13-14-20(18)26/h1-15H,27-28H2,(H,29,30). The Balaban J connectivity index is 2.00. The number of hydrogen-bond donors (Lipinski definition) is 3. The summed E-state index contributed by atoms with van der Waals surface area (Å²) in [5.41, 5.74) is 19.6. The van der Waals surface area contributed by atoms with Crippen LogP contribution in [0.15, 0.2) is 91.0 Å². The van der Waals surface area contributed by atoms with Gasteiger partial charge in [-0.25, -0.2) is 4.79 Å². The zero-order valence-corrected chi connectivity index (χ0v) is 16.2. The average molecular weight is 392 g/mol. The molecule has 0 radical (unpaired) electrons. The molecule has 0 saturated carbocycles. The van der Waals surface area contributed by atoms with E-state index in [9.17, 15) is 9.90 Å². The number of carboxylic acids is 1. The van der Waals surface area contributed by atoms with Crippen molar-refractivity contribution in [1.82, 2.24) is 0 Å². The molecular formula is C26H20N2O2. The van der Waals surface area contributed by atoms with E-state index in [-0.39, 0.29) is 5.56 Å². The third-order valence-corrected chi connectivity index (χ3v) is 6.02. The van der Waals surface area contributed by atoms with Crippen LogP contribution in [0, 0.1) is 0 Å². The molecule has 0 aliphatic heterocycles. The Morgan fingerprint density at radius 1 is 0.633 bits per heavy atom. The maximum atomic E-state index is 11.7. The monoisotopic (exact) mass is 392 g/mol. The predicted octanol–water partition coefficient (Wildman–Crippen LogP) is 4.91. The van der Waals surface area contributed by atoms with E-state index in [1.807, 2.05) is 72.8 Å². The summed E-state index contributed by atoms with van der Waals surface area (Å²) in [6, 6.07) is 29.0. The minimum absolute atomic E-state index is 0.251. The molecule has 4 nitrogen and oxygen atoms in total. The summed E-state index contributed by atoms with van der Waals surface area (Å²) in [7, 11) is 0. The number of anilines is 2. The molecule has 4 heteroatoms. The summed E-state index contributed by atoms with van der Waals surface area (Å²) in [6.07, 6.45) is 0. The second kappa shape index (κ2) is 6.49. The van der Waals surface area contributed by atoms with Gasteiger partial charge in [0, 0.05) is 11.4 Å². The van der Waals surface area contributed by atoms with E-state index in [2.05, 4.69) is 6.07 Å². The first-order valence-corrected chi connectivity index (χ1v) is 9.73. The molecule has 5 N–H and O–H groups in total. The van der Waals surface area contributed by atoms with E-state index < -0.39 is 11.4 Å². The quantitative estimate of drug-likeness (QED) is 0.381. The van der Waals surface area contributed by atoms with Crippen LogP contribution in [0.4, 0.5) is 11.4 Å². The number of fused-ring (bicyclic) bond motifs is 3. The van der Waals surface area contributed by atoms with Gasteiger partial charge in [-0.1, -0.05) is 66.7 Å². The molecule has 0 aromatic heterocycles. The summed E-state index contributed by atoms with van der Waals surface area (Å²) in [6.45, 7) is 0. The Bertz CT molecular complexity index is 1260. The molecule has 4 aromatic carbocycles. The van der Waals surface area contributed by atoms with E-state index in [0.29, 0.717) is 11.4 Å². The van der Waals surface area contributed by atoms with Gasteiger partial charge in [0.1, 0.15) is 0 Å². The van der Waals surface area contributed by atoms with Crippen molar-refractivity contribution in [2.45, 2.75) is 5.41 Å². The summed E-state index contributed by atoms with van der Waals surface area (Å²) >= 11 is 0. The van der Waals surface area contributed by atoms with Crippen molar-refractivity contribution in [3.05, 3.63) is 119 Å². The zero-order chi connectivity index (χ0) is 20.9. The first kappa shape index (κ1) is 18.0. The molecule has 0 spiro atoms. The number of carbonyl (C=O) groups is 1. The second-order valence-corrected chi connectivity index (χ2v) is 7.54. The highest BCUT2D eigenvalue weighted by Gasteiger charge is 2.48. The first-order chi connectivity index (χ1) is 14.5. The van der Waals surface area contributed by atoms with E-state index in [4.69, 9.17) is 11.5 Å². The number of rotatable bonds is 3. The van der Waals surface area contributed by atoms with Gasteiger partial charge >= 0.3 is 5.97 Å². The van der Waals surface area contributed by atoms with Crippen molar-refractivity contribution in [2.24, 2.45) is 0 Å². The molecule has 30 heavy (non-hydrogen) atoms. The highest BCUT2D eigenvalue weighted by Crippen LogP contribution is 2.58. The Labute approximate surface area is 174 Å². The molecule has 146 valence electrons. The minimum atomic E-state index is -0.953. The molecule has 0 fully saturated rings. The third kappa shape index (κ3) is 2.31. The normalized spacial score (nSPS) is 13.5. The molecule has 0 unspecified atom stereocenters. The summed E-state index contributed by atoms with van der Waals surface area (Å²) in [5, 5.41) is 9.58. The summed E-state index contributed by atoms with van der Waals surface area (Å²) in [4.78, 5) is 11.7. The third-order valence-electron chi connectivity index (χ3n) is 6.02. The van der Waals surface area contributed by atoms with E-state index >= 15 is 0 Å². The van der Waals surface area contributed by atoms with E-state index in [1.165, 1.54) is 0 Å². The highest BCUT2D eigenvalue weighted by molar-refractivity contribution is 5.94. The molecule has 1 aliphatic carbocycles. The van der Waals surface area contributed by atoms with Crippen LogP contribution in [0.3, 0.4) is 0 Å². The maximum absolute atomic E-state index is 11.7. The van der Waals surface area contributed by atoms with Crippen molar-refractivity contribution < 1.29 is 9.90 Å². The molecule has 0 amide bonds. The molecule has 1 aliphatic rings. The van der Waals surface area contributed by atoms with Crippen LogP contribution in [0.5, 0.6) is 0 Å². The Hall–Kier alpha value is -4.05. The van der Waals surface area contributed by atoms with Gasteiger partial charge in [0.25, 0.3) is 0 Å². The number of aromatic carboxylic acids is 1. The Kier molecular flexibility index (Phi) is 3.90. The van der Waals surface area contributed by atoms with Crippen molar-refractivity contribution in [2.75, 3.05) is 11.5 Å². The second-order valence-electron chi connectivity index (χ2n) is 7.54. The number of benzene rings is 4. The van der Waals surface area contributed by atoms with Gasteiger partial charge in [-0.2, -0.15) is 0 Å². The number of carboxylic acid groups (broad SMARTS) is 1. The largest absolute Gasteiger partial charge is 0.478 e. The predicted molar refractivity (Wildman–Crippen MR) is 120 cm³/mol. The van der Waals surface area contributed by atoms with Gasteiger partial charge in [0.05, 0.1) is 11.0 Å². The number of para-hydroxylation sites is 2. The fourth-order valence-electron chi connectivity index (χ4n) is 4.82. The molecule has 0 atom stereocenters. The minimum Gasteiger partial charge on any atom is -0.478 e. The van der Waals surface area contributed by atoms with E-state index in [1.54, 1.807) is 12.1 Å². The van der Waals surface area contributed by atoms with Gasteiger partial charge in [0.2, 0.25) is 0 Å². The summed E-state index contributed by atoms with van der Waals surface area (Å²) in [5.74, 6) is -0.953. The van der Waals surface area contributed by atoms with Crippen molar-refractivity contribution in [1.29, 1.82) is 0 Å². The van der Waals surface area contributed by atoms with Crippen molar-refractivity contribution >= 4 is 17.3 Å². The molecular weight excluding hydrogens is 372 g/mol. The van der Waals surface area contributed by atoms with Crippen LogP contribution >= 0.6 is 0 Å². The smallest absolute Gasteiger partial charge is 0.335 e. The maximum Gasteiger partial charge on any atom is 0.335 e. The number of nitrogens with two attached hydrogens (primary N) is 2. The van der Waals surface area contributed by atoms with Gasteiger partial charge in [-0.15, -0.1) is 0 Å². The molecule has 0 saturated heterocycles. The fraction of sp³-hybridized carbons (Fsp3) is 0.0385. The van der Waals surface area contributed by atoms with Crippen molar-refractivity contribution in [3.8, 4) is 11.1 Å². The van der Waals surface area contributed by atoms with Crippen LogP contribution in [0.1, 0.15) is 32.6 Å². The summed E-state index contributed by atoms with van der Waals surface area (Å²) < 4.78 is 0. The highest BCUT2D eigenvalue weighted by atomic mass is 16.4. The van der Waals surface area contributed by atoms with Gasteiger partial charge in [-0.3, -0.25) is 0 Å². The molecule has 4 aromatic rings. The van der Waals surface area contributed by atoms with Gasteiger partial charge < -0.3 is 16.6 Å². The van der Waals surface area contributed by atoms with Crippen LogP contribution in [-0.2, 0) is 5.41 Å². The average Bonchev–Trinajstić information content (AvgIpc) is 3.05. The number of hydrogen-bond acceptors (Lipinski definition) is 3. The lowest BCUT2D eigenvalue weighted by molar-refractivity contribution is 0.0697. The zero-order valence-electron chi connectivity index (χ0n) is 16.2. The van der Waals surface area contributed by atoms with Gasteiger partial charge in [-0.05, 0) is 57.6 Å². The number of nitrogen functional groups attached to an aromatic ring is 2. The van der Waals surface area contributed by atoms with Crippen LogP contribution in [0.25, 0.3) is 11.1 Å². The molecule has 0 bridgehead atoms. The van der Waals surface area contributed by atoms with Crippen molar-refractivity contribution in [3.63, 3.8) is 0 Å². The van der Waals surface area contributed by atoms with Crippen LogP contribution in [-0.4, -0.2) is 11.1 Å². The first-order valence-electron chi connectivity index (χ1n) is 9.73.